The fraction of sp³-hybridized carbons (Fsp3) is 0.214. The van der Waals surface area contributed by atoms with E-state index in [1.807, 2.05) is 25.3 Å². The molecule has 2 rings (SSSR count). The Morgan fingerprint density at radius 1 is 1.53 bits per heavy atom. The highest BCUT2D eigenvalue weighted by atomic mass is 16.1. The molecule has 1 heterocycles. The van der Waals surface area contributed by atoms with E-state index in [-0.39, 0.29) is 11.9 Å². The van der Waals surface area contributed by atoms with Crippen LogP contribution in [0.4, 0.5) is 5.69 Å². The first kappa shape index (κ1) is 12.8. The monoisotopic (exact) mass is 254 g/mol. The number of carbonyl (C=O) groups is 1. The number of carbonyl (C=O) groups excluding carboxylic acids is 1. The summed E-state index contributed by atoms with van der Waals surface area (Å²) in [5.74, 6) is -0.0990. The van der Waals surface area contributed by atoms with E-state index >= 15 is 0 Å². The number of benzene rings is 1. The van der Waals surface area contributed by atoms with Crippen LogP contribution >= 0.6 is 0 Å². The normalized spacial score (nSPS) is 11.6. The van der Waals surface area contributed by atoms with E-state index < -0.39 is 0 Å². The third kappa shape index (κ3) is 3.42. The molecule has 0 saturated carbocycles. The zero-order valence-electron chi connectivity index (χ0n) is 10.6. The van der Waals surface area contributed by atoms with Gasteiger partial charge in [0.15, 0.2) is 0 Å². The van der Waals surface area contributed by atoms with Crippen LogP contribution in [-0.2, 0) is 4.79 Å². The Morgan fingerprint density at radius 2 is 2.37 bits per heavy atom. The number of hydrogen-bond donors (Lipinski definition) is 1. The molecule has 0 bridgehead atoms. The van der Waals surface area contributed by atoms with E-state index in [9.17, 15) is 4.79 Å². The van der Waals surface area contributed by atoms with Gasteiger partial charge in [-0.25, -0.2) is 0 Å². The number of anilines is 1. The first-order valence-corrected chi connectivity index (χ1v) is 5.98. The lowest BCUT2D eigenvalue weighted by Crippen LogP contribution is -2.17. The van der Waals surface area contributed by atoms with Crippen molar-refractivity contribution in [1.82, 2.24) is 9.78 Å². The number of rotatable bonds is 4. The summed E-state index contributed by atoms with van der Waals surface area (Å²) in [5.41, 5.74) is 1.16. The number of nitriles is 1. The molecule has 0 fully saturated rings. The minimum absolute atomic E-state index is 0.00542. The van der Waals surface area contributed by atoms with Crippen LogP contribution in [-0.4, -0.2) is 15.7 Å². The Bertz CT molecular complexity index is 598. The highest BCUT2D eigenvalue weighted by Gasteiger charge is 2.11. The predicted molar refractivity (Wildman–Crippen MR) is 71.3 cm³/mol. The minimum Gasteiger partial charge on any atom is -0.326 e. The molecule has 19 heavy (non-hydrogen) atoms. The van der Waals surface area contributed by atoms with Crippen LogP contribution < -0.4 is 5.32 Å². The van der Waals surface area contributed by atoms with Gasteiger partial charge in [-0.1, -0.05) is 6.07 Å². The Hall–Kier alpha value is -2.61. The molecule has 2 aromatic rings. The zero-order chi connectivity index (χ0) is 13.7. The minimum atomic E-state index is -0.0990. The van der Waals surface area contributed by atoms with Crippen LogP contribution in [0, 0.1) is 11.3 Å². The molecule has 0 aliphatic carbocycles. The highest BCUT2D eigenvalue weighted by Crippen LogP contribution is 2.13. The predicted octanol–water partition coefficient (Wildman–Crippen LogP) is 2.34. The topological polar surface area (TPSA) is 70.7 Å². The van der Waals surface area contributed by atoms with E-state index in [0.717, 1.165) is 0 Å². The van der Waals surface area contributed by atoms with E-state index in [1.165, 1.54) is 0 Å². The highest BCUT2D eigenvalue weighted by molar-refractivity contribution is 5.91. The third-order valence-corrected chi connectivity index (χ3v) is 2.73. The second-order valence-electron chi connectivity index (χ2n) is 4.28. The standard InChI is InChI=1S/C14H14N4O/c1-11(18-7-3-6-16-18)8-14(19)17-13-5-2-4-12(9-13)10-15/h2-7,9,11H,8H2,1H3,(H,17,19). The summed E-state index contributed by atoms with van der Waals surface area (Å²) in [6, 6.07) is 10.7. The molecule has 1 atom stereocenters. The van der Waals surface area contributed by atoms with Gasteiger partial charge < -0.3 is 5.32 Å². The molecule has 5 nitrogen and oxygen atoms in total. The van der Waals surface area contributed by atoms with Crippen molar-refractivity contribution < 1.29 is 4.79 Å². The van der Waals surface area contributed by atoms with Gasteiger partial charge in [0.1, 0.15) is 0 Å². The van der Waals surface area contributed by atoms with Gasteiger partial charge in [-0.3, -0.25) is 9.48 Å². The molecule has 0 radical (unpaired) electrons. The number of amides is 1. The van der Waals surface area contributed by atoms with E-state index in [2.05, 4.69) is 10.4 Å². The van der Waals surface area contributed by atoms with Crippen LogP contribution in [0.2, 0.25) is 0 Å². The molecule has 0 aliphatic rings. The molecule has 1 aromatic carbocycles. The molecule has 1 N–H and O–H groups in total. The van der Waals surface area contributed by atoms with Crippen LogP contribution in [0.3, 0.4) is 0 Å². The van der Waals surface area contributed by atoms with Crippen LogP contribution in [0.5, 0.6) is 0 Å². The summed E-state index contributed by atoms with van der Waals surface area (Å²) in [4.78, 5) is 11.9. The summed E-state index contributed by atoms with van der Waals surface area (Å²) in [6.07, 6.45) is 3.84. The lowest BCUT2D eigenvalue weighted by Gasteiger charge is -2.12. The van der Waals surface area contributed by atoms with Crippen molar-refractivity contribution in [2.24, 2.45) is 0 Å². The Kier molecular flexibility index (Phi) is 3.94. The molecular formula is C14H14N4O. The average molecular weight is 254 g/mol. The third-order valence-electron chi connectivity index (χ3n) is 2.73. The van der Waals surface area contributed by atoms with Gasteiger partial charge in [-0.05, 0) is 31.2 Å². The maximum Gasteiger partial charge on any atom is 0.226 e. The fourth-order valence-electron chi connectivity index (χ4n) is 1.78. The molecule has 1 amide bonds. The van der Waals surface area contributed by atoms with Crippen LogP contribution in [0.25, 0.3) is 0 Å². The molecular weight excluding hydrogens is 240 g/mol. The number of nitrogens with zero attached hydrogens (tertiary/aromatic N) is 3. The van der Waals surface area contributed by atoms with E-state index in [4.69, 9.17) is 5.26 Å². The maximum atomic E-state index is 11.9. The van der Waals surface area contributed by atoms with Crippen molar-refractivity contribution in [2.75, 3.05) is 5.32 Å². The summed E-state index contributed by atoms with van der Waals surface area (Å²) in [6.45, 7) is 1.93. The molecule has 96 valence electrons. The summed E-state index contributed by atoms with van der Waals surface area (Å²) in [5, 5.41) is 15.7. The second-order valence-corrected chi connectivity index (χ2v) is 4.28. The summed E-state index contributed by atoms with van der Waals surface area (Å²) >= 11 is 0. The molecule has 0 aliphatic heterocycles. The summed E-state index contributed by atoms with van der Waals surface area (Å²) in [7, 11) is 0. The molecule has 5 heteroatoms. The number of nitrogens with one attached hydrogen (secondary N) is 1. The molecule has 1 unspecified atom stereocenters. The Labute approximate surface area is 111 Å². The zero-order valence-corrected chi connectivity index (χ0v) is 10.6. The van der Waals surface area contributed by atoms with Gasteiger partial charge in [0.05, 0.1) is 17.7 Å². The Balaban J connectivity index is 1.96. The lowest BCUT2D eigenvalue weighted by molar-refractivity contribution is -0.116. The van der Waals surface area contributed by atoms with Gasteiger partial charge in [-0.2, -0.15) is 10.4 Å². The molecule has 1 aromatic heterocycles. The first-order chi connectivity index (χ1) is 9.19. The van der Waals surface area contributed by atoms with Crippen molar-refractivity contribution >= 4 is 11.6 Å². The van der Waals surface area contributed by atoms with Crippen LogP contribution in [0.15, 0.2) is 42.7 Å². The van der Waals surface area contributed by atoms with Gasteiger partial charge >= 0.3 is 0 Å². The average Bonchev–Trinajstić information content (AvgIpc) is 2.92. The maximum absolute atomic E-state index is 11.9. The van der Waals surface area contributed by atoms with Crippen LogP contribution in [0.1, 0.15) is 24.9 Å². The largest absolute Gasteiger partial charge is 0.326 e. The summed E-state index contributed by atoms with van der Waals surface area (Å²) < 4.78 is 1.74. The molecule has 0 saturated heterocycles. The van der Waals surface area contributed by atoms with Crippen molar-refractivity contribution in [1.29, 1.82) is 5.26 Å². The van der Waals surface area contributed by atoms with Gasteiger partial charge in [0.2, 0.25) is 5.91 Å². The van der Waals surface area contributed by atoms with Crippen molar-refractivity contribution in [3.05, 3.63) is 48.3 Å². The van der Waals surface area contributed by atoms with E-state index in [1.54, 1.807) is 35.1 Å². The second kappa shape index (κ2) is 5.83. The SMILES string of the molecule is CC(CC(=O)Nc1cccc(C#N)c1)n1cccn1. The first-order valence-electron chi connectivity index (χ1n) is 5.98. The van der Waals surface area contributed by atoms with Gasteiger partial charge in [0.25, 0.3) is 0 Å². The quantitative estimate of drug-likeness (QED) is 0.910. The lowest BCUT2D eigenvalue weighted by atomic mass is 10.2. The van der Waals surface area contributed by atoms with Crippen molar-refractivity contribution in [3.63, 3.8) is 0 Å². The Morgan fingerprint density at radius 3 is 3.05 bits per heavy atom. The van der Waals surface area contributed by atoms with Gasteiger partial charge in [0, 0.05) is 24.5 Å². The van der Waals surface area contributed by atoms with E-state index in [0.29, 0.717) is 17.7 Å². The van der Waals surface area contributed by atoms with Gasteiger partial charge in [-0.15, -0.1) is 0 Å². The fourth-order valence-corrected chi connectivity index (χ4v) is 1.78. The number of hydrogen-bond acceptors (Lipinski definition) is 3. The van der Waals surface area contributed by atoms with Crippen molar-refractivity contribution in [3.8, 4) is 6.07 Å². The number of aromatic nitrogens is 2. The smallest absolute Gasteiger partial charge is 0.226 e. The molecule has 0 spiro atoms. The van der Waals surface area contributed by atoms with Crippen molar-refractivity contribution in [2.45, 2.75) is 19.4 Å².